The Kier molecular flexibility index (Phi) is 6.81. The highest BCUT2D eigenvalue weighted by Crippen LogP contribution is 2.29. The summed E-state index contributed by atoms with van der Waals surface area (Å²) in [7, 11) is 0. The molecule has 0 heterocycles. The molecule has 0 aliphatic rings. The van der Waals surface area contributed by atoms with Crippen LogP contribution in [0.3, 0.4) is 0 Å². The summed E-state index contributed by atoms with van der Waals surface area (Å²) in [5.41, 5.74) is 2.59. The average Bonchev–Trinajstić information content (AvgIpc) is 2.72. The molecule has 0 atom stereocenters. The van der Waals surface area contributed by atoms with E-state index in [9.17, 15) is 15.4 Å². The lowest BCUT2D eigenvalue weighted by molar-refractivity contribution is -0.384. The molecule has 0 bridgehead atoms. The van der Waals surface area contributed by atoms with Gasteiger partial charge < -0.3 is 4.74 Å². The zero-order valence-corrected chi connectivity index (χ0v) is 18.2. The summed E-state index contributed by atoms with van der Waals surface area (Å²) in [5, 5.41) is 20.5. The van der Waals surface area contributed by atoms with Gasteiger partial charge in [-0.2, -0.15) is 5.26 Å². The van der Waals surface area contributed by atoms with E-state index in [0.29, 0.717) is 23.5 Å². The summed E-state index contributed by atoms with van der Waals surface area (Å²) in [6, 6.07) is 21.5. The van der Waals surface area contributed by atoms with Gasteiger partial charge in [0.15, 0.2) is 0 Å². The molecule has 0 aromatic heterocycles. The van der Waals surface area contributed by atoms with Crippen molar-refractivity contribution in [3.05, 3.63) is 102 Å². The number of halogens is 2. The van der Waals surface area contributed by atoms with Crippen LogP contribution in [0.1, 0.15) is 16.7 Å². The molecule has 0 N–H and O–H groups in total. The number of hydrogen-bond donors (Lipinski definition) is 0. The van der Waals surface area contributed by atoms with Gasteiger partial charge in [0.1, 0.15) is 12.4 Å². The van der Waals surface area contributed by atoms with E-state index in [2.05, 4.69) is 37.9 Å². The van der Waals surface area contributed by atoms with Crippen molar-refractivity contribution in [3.63, 3.8) is 0 Å². The van der Waals surface area contributed by atoms with Gasteiger partial charge in [-0.15, -0.1) is 0 Å². The standard InChI is InChI=1S/C22H14Br2N2O3/c23-19-7-4-15(5-8-19)14-29-22-9-6-16(11-21(22)24)10-18(13-25)17-2-1-3-20(12-17)26(27)28/h1-12H,14H2/b18-10-. The fourth-order valence-corrected chi connectivity index (χ4v) is 3.37. The molecular weight excluding hydrogens is 500 g/mol. The predicted octanol–water partition coefficient (Wildman–Crippen LogP) is 6.76. The van der Waals surface area contributed by atoms with Crippen LogP contribution in [0.15, 0.2) is 75.7 Å². The van der Waals surface area contributed by atoms with Crippen molar-refractivity contribution in [1.82, 2.24) is 0 Å². The average molecular weight is 514 g/mol. The molecule has 0 aliphatic heterocycles. The summed E-state index contributed by atoms with van der Waals surface area (Å²) >= 11 is 6.90. The first-order valence-corrected chi connectivity index (χ1v) is 10.1. The van der Waals surface area contributed by atoms with Gasteiger partial charge in [-0.25, -0.2) is 0 Å². The number of benzene rings is 3. The van der Waals surface area contributed by atoms with E-state index in [1.165, 1.54) is 12.1 Å². The maximum absolute atomic E-state index is 11.0. The highest BCUT2D eigenvalue weighted by Gasteiger charge is 2.10. The third-order valence-corrected chi connectivity index (χ3v) is 5.21. The molecule has 3 aromatic carbocycles. The summed E-state index contributed by atoms with van der Waals surface area (Å²) in [6.45, 7) is 0.429. The summed E-state index contributed by atoms with van der Waals surface area (Å²) in [5.74, 6) is 0.680. The molecule has 0 saturated heterocycles. The van der Waals surface area contributed by atoms with Crippen LogP contribution >= 0.6 is 31.9 Å². The minimum Gasteiger partial charge on any atom is -0.488 e. The predicted molar refractivity (Wildman–Crippen MR) is 119 cm³/mol. The number of hydrogen-bond acceptors (Lipinski definition) is 4. The number of nitriles is 1. The Hall–Kier alpha value is -2.95. The van der Waals surface area contributed by atoms with Crippen LogP contribution < -0.4 is 4.74 Å². The number of rotatable bonds is 6. The third kappa shape index (κ3) is 5.53. The lowest BCUT2D eigenvalue weighted by Crippen LogP contribution is -1.96. The smallest absolute Gasteiger partial charge is 0.270 e. The molecule has 3 aromatic rings. The Labute approximate surface area is 184 Å². The van der Waals surface area contributed by atoms with Crippen LogP contribution in [0.5, 0.6) is 5.75 Å². The fraction of sp³-hybridized carbons (Fsp3) is 0.0455. The first kappa shape index (κ1) is 20.8. The molecule has 5 nitrogen and oxygen atoms in total. The molecule has 0 saturated carbocycles. The van der Waals surface area contributed by atoms with E-state index in [-0.39, 0.29) is 5.69 Å². The first-order chi connectivity index (χ1) is 14.0. The number of ether oxygens (including phenoxy) is 1. The molecule has 0 aliphatic carbocycles. The molecule has 0 fully saturated rings. The Balaban J connectivity index is 1.79. The van der Waals surface area contributed by atoms with E-state index in [0.717, 1.165) is 20.1 Å². The summed E-state index contributed by atoms with van der Waals surface area (Å²) in [4.78, 5) is 10.5. The van der Waals surface area contributed by atoms with Crippen molar-refractivity contribution >= 4 is 49.2 Å². The number of allylic oxidation sites excluding steroid dienone is 1. The zero-order valence-electron chi connectivity index (χ0n) is 15.0. The van der Waals surface area contributed by atoms with Gasteiger partial charge >= 0.3 is 0 Å². The topological polar surface area (TPSA) is 76.2 Å². The molecule has 0 radical (unpaired) electrons. The van der Waals surface area contributed by atoms with E-state index in [1.54, 1.807) is 18.2 Å². The van der Waals surface area contributed by atoms with Gasteiger partial charge in [0.25, 0.3) is 5.69 Å². The van der Waals surface area contributed by atoms with Crippen molar-refractivity contribution < 1.29 is 9.66 Å². The monoisotopic (exact) mass is 512 g/mol. The summed E-state index contributed by atoms with van der Waals surface area (Å²) in [6.07, 6.45) is 1.68. The number of nitro benzene ring substituents is 1. The molecule has 0 spiro atoms. The Morgan fingerprint density at radius 3 is 2.52 bits per heavy atom. The largest absolute Gasteiger partial charge is 0.488 e. The van der Waals surface area contributed by atoms with Crippen LogP contribution in [0.25, 0.3) is 11.6 Å². The van der Waals surface area contributed by atoms with Crippen LogP contribution in [0.2, 0.25) is 0 Å². The highest BCUT2D eigenvalue weighted by atomic mass is 79.9. The number of nitrogens with zero attached hydrogens (tertiary/aromatic N) is 2. The molecule has 0 unspecified atom stereocenters. The van der Waals surface area contributed by atoms with E-state index < -0.39 is 4.92 Å². The zero-order chi connectivity index (χ0) is 20.8. The van der Waals surface area contributed by atoms with Crippen LogP contribution in [-0.4, -0.2) is 4.92 Å². The molecule has 0 amide bonds. The van der Waals surface area contributed by atoms with Gasteiger partial charge in [-0.3, -0.25) is 10.1 Å². The van der Waals surface area contributed by atoms with Crippen molar-refractivity contribution in [2.24, 2.45) is 0 Å². The molecular formula is C22H14Br2N2O3. The van der Waals surface area contributed by atoms with E-state index in [4.69, 9.17) is 4.74 Å². The quantitative estimate of drug-likeness (QED) is 0.158. The van der Waals surface area contributed by atoms with Crippen LogP contribution in [-0.2, 0) is 6.61 Å². The molecule has 7 heteroatoms. The Morgan fingerprint density at radius 1 is 1.10 bits per heavy atom. The second-order valence-corrected chi connectivity index (χ2v) is 7.85. The second kappa shape index (κ2) is 9.50. The minimum absolute atomic E-state index is 0.0541. The molecule has 3 rings (SSSR count). The third-order valence-electron chi connectivity index (χ3n) is 4.06. The lowest BCUT2D eigenvalue weighted by Gasteiger charge is -2.09. The van der Waals surface area contributed by atoms with Crippen molar-refractivity contribution in [3.8, 4) is 11.8 Å². The van der Waals surface area contributed by atoms with Gasteiger partial charge in [-0.1, -0.05) is 46.3 Å². The highest BCUT2D eigenvalue weighted by molar-refractivity contribution is 9.10. The van der Waals surface area contributed by atoms with Crippen molar-refractivity contribution in [2.75, 3.05) is 0 Å². The Morgan fingerprint density at radius 2 is 1.86 bits per heavy atom. The second-order valence-electron chi connectivity index (χ2n) is 6.08. The Bertz CT molecular complexity index is 1120. The summed E-state index contributed by atoms with van der Waals surface area (Å²) < 4.78 is 7.61. The van der Waals surface area contributed by atoms with E-state index >= 15 is 0 Å². The van der Waals surface area contributed by atoms with Gasteiger partial charge in [-0.05, 0) is 63.0 Å². The first-order valence-electron chi connectivity index (χ1n) is 8.49. The molecule has 144 valence electrons. The van der Waals surface area contributed by atoms with Gasteiger partial charge in [0.05, 0.1) is 21.0 Å². The number of nitro groups is 1. The minimum atomic E-state index is -0.480. The number of non-ortho nitro benzene ring substituents is 1. The van der Waals surface area contributed by atoms with Crippen molar-refractivity contribution in [2.45, 2.75) is 6.61 Å². The van der Waals surface area contributed by atoms with Crippen molar-refractivity contribution in [1.29, 1.82) is 5.26 Å². The maximum Gasteiger partial charge on any atom is 0.270 e. The van der Waals surface area contributed by atoms with E-state index in [1.807, 2.05) is 42.5 Å². The normalized spacial score (nSPS) is 11.0. The van der Waals surface area contributed by atoms with Gasteiger partial charge in [0.2, 0.25) is 0 Å². The molecule has 29 heavy (non-hydrogen) atoms. The fourth-order valence-electron chi connectivity index (χ4n) is 2.60. The maximum atomic E-state index is 11.0. The van der Waals surface area contributed by atoms with Gasteiger partial charge in [0, 0.05) is 16.6 Å². The SMILES string of the molecule is N#C/C(=C/c1ccc(OCc2ccc(Br)cc2)c(Br)c1)c1cccc([N+](=O)[O-])c1. The lowest BCUT2D eigenvalue weighted by atomic mass is 10.0. The van der Waals surface area contributed by atoms with Crippen LogP contribution in [0.4, 0.5) is 5.69 Å². The van der Waals surface area contributed by atoms with Crippen LogP contribution in [0, 0.1) is 21.4 Å².